The molecule has 0 saturated carbocycles. The van der Waals surface area contributed by atoms with E-state index in [1.807, 2.05) is 0 Å². The van der Waals surface area contributed by atoms with Gasteiger partial charge >= 0.3 is 7.82 Å². The third kappa shape index (κ3) is 4.63. The Bertz CT molecular complexity index is 270. The predicted octanol–water partition coefficient (Wildman–Crippen LogP) is 1.16. The Morgan fingerprint density at radius 1 is 1.17 bits per heavy atom. The number of hydrogen-bond donors (Lipinski definition) is 2. The average molecular weight is 239 g/mol. The van der Waals surface area contributed by atoms with Crippen LogP contribution in [0.15, 0.2) is 30.3 Å². The van der Waals surface area contributed by atoms with Crippen LogP contribution in [0.5, 0.6) is 5.75 Å². The van der Waals surface area contributed by atoms with Crippen molar-refractivity contribution in [2.24, 2.45) is 0 Å². The third-order valence-electron chi connectivity index (χ3n) is 0.968. The fourth-order valence-electron chi connectivity index (χ4n) is 0.619. The Labute approximate surface area is 82.6 Å². The molecule has 0 atom stereocenters. The maximum atomic E-state index is 10.3. The van der Waals surface area contributed by atoms with Crippen molar-refractivity contribution >= 4 is 7.82 Å². The molecular weight excluding hydrogens is 232 g/mol. The molecule has 1 rings (SSSR count). The first-order valence-electron chi connectivity index (χ1n) is 2.88. The summed E-state index contributed by atoms with van der Waals surface area (Å²) in [6.45, 7) is 0. The first-order chi connectivity index (χ1) is 5.08. The molecule has 0 aliphatic rings. The summed E-state index contributed by atoms with van der Waals surface area (Å²) < 4.78 is 14.5. The first-order valence-corrected chi connectivity index (χ1v) is 4.41. The van der Waals surface area contributed by atoms with Crippen LogP contribution in [0.1, 0.15) is 0 Å². The number of benzene rings is 1. The molecule has 0 bridgehead atoms. The molecule has 0 spiro atoms. The summed E-state index contributed by atoms with van der Waals surface area (Å²) in [6, 6.07) is 7.93. The quantitative estimate of drug-likeness (QED) is 0.600. The number of phosphoric ester groups is 1. The van der Waals surface area contributed by atoms with Gasteiger partial charge in [-0.2, -0.15) is 0 Å². The topological polar surface area (TPSA) is 66.8 Å². The normalized spacial score (nSPS) is 10.2. The van der Waals surface area contributed by atoms with Crippen molar-refractivity contribution < 1.29 is 38.4 Å². The van der Waals surface area contributed by atoms with Gasteiger partial charge in [0.05, 0.1) is 0 Å². The van der Waals surface area contributed by atoms with Gasteiger partial charge in [-0.1, -0.05) is 18.2 Å². The van der Waals surface area contributed by atoms with Crippen molar-refractivity contribution in [2.45, 2.75) is 0 Å². The van der Waals surface area contributed by atoms with E-state index in [0.29, 0.717) is 0 Å². The van der Waals surface area contributed by atoms with Gasteiger partial charge in [0.25, 0.3) is 0 Å². The summed E-state index contributed by atoms with van der Waals surface area (Å²) >= 11 is 0. The summed E-state index contributed by atoms with van der Waals surface area (Å²) in [6.07, 6.45) is 0. The molecule has 0 aliphatic heterocycles. The van der Waals surface area contributed by atoms with Crippen LogP contribution in [0.4, 0.5) is 0 Å². The number of hydrogen-bond acceptors (Lipinski definition) is 2. The molecule has 2 N–H and O–H groups in total. The standard InChI is InChI=1S/C6H7O4P.Zn/c7-11(8,9)10-6-4-2-1-3-5-6;/h1-5H,(H2,7,8,9);. The van der Waals surface area contributed by atoms with Crippen molar-refractivity contribution in [3.05, 3.63) is 30.3 Å². The molecule has 0 radical (unpaired) electrons. The molecule has 1 aromatic carbocycles. The van der Waals surface area contributed by atoms with Gasteiger partial charge in [0.2, 0.25) is 0 Å². The summed E-state index contributed by atoms with van der Waals surface area (Å²) in [5.74, 6) is 0.167. The van der Waals surface area contributed by atoms with Crippen LogP contribution in [-0.4, -0.2) is 9.79 Å². The molecule has 6 heteroatoms. The molecule has 4 nitrogen and oxygen atoms in total. The fraction of sp³-hybridized carbons (Fsp3) is 0. The van der Waals surface area contributed by atoms with E-state index in [1.165, 1.54) is 12.1 Å². The fourth-order valence-corrected chi connectivity index (χ4v) is 1.02. The van der Waals surface area contributed by atoms with Crippen LogP contribution < -0.4 is 4.52 Å². The zero-order chi connectivity index (χ0) is 8.32. The van der Waals surface area contributed by atoms with Crippen molar-refractivity contribution in [3.8, 4) is 5.75 Å². The molecule has 0 unspecified atom stereocenters. The van der Waals surface area contributed by atoms with E-state index >= 15 is 0 Å². The molecule has 0 aliphatic carbocycles. The van der Waals surface area contributed by atoms with Gasteiger partial charge in [0.1, 0.15) is 5.75 Å². The van der Waals surface area contributed by atoms with E-state index in [1.54, 1.807) is 18.2 Å². The molecule has 12 heavy (non-hydrogen) atoms. The second kappa shape index (κ2) is 4.73. The summed E-state index contributed by atoms with van der Waals surface area (Å²) in [4.78, 5) is 16.7. The largest absolute Gasteiger partial charge is 0.524 e. The Morgan fingerprint density at radius 3 is 2.08 bits per heavy atom. The molecule has 0 amide bonds. The van der Waals surface area contributed by atoms with Crippen LogP contribution in [0.3, 0.4) is 0 Å². The number of phosphoric acid groups is 1. The van der Waals surface area contributed by atoms with E-state index in [-0.39, 0.29) is 25.2 Å². The number of para-hydroxylation sites is 1. The van der Waals surface area contributed by atoms with Crippen LogP contribution in [0, 0.1) is 0 Å². The van der Waals surface area contributed by atoms with E-state index in [9.17, 15) is 4.57 Å². The van der Waals surface area contributed by atoms with E-state index in [2.05, 4.69) is 4.52 Å². The second-order valence-corrected chi connectivity index (χ2v) is 3.06. The smallest absolute Gasteiger partial charge is 0.404 e. The summed E-state index contributed by atoms with van der Waals surface area (Å²) in [7, 11) is -4.39. The first kappa shape index (κ1) is 11.8. The van der Waals surface area contributed by atoms with Crippen molar-refractivity contribution in [1.82, 2.24) is 0 Å². The van der Waals surface area contributed by atoms with Crippen molar-refractivity contribution in [3.63, 3.8) is 0 Å². The van der Waals surface area contributed by atoms with E-state index < -0.39 is 7.82 Å². The summed E-state index contributed by atoms with van der Waals surface area (Å²) in [5.41, 5.74) is 0. The Kier molecular flexibility index (Phi) is 4.65. The van der Waals surface area contributed by atoms with E-state index in [4.69, 9.17) is 9.79 Å². The van der Waals surface area contributed by atoms with Gasteiger partial charge in [-0.05, 0) is 12.1 Å². The molecule has 62 valence electrons. The van der Waals surface area contributed by atoms with Crippen LogP contribution in [0.2, 0.25) is 0 Å². The van der Waals surface area contributed by atoms with Gasteiger partial charge in [-0.25, -0.2) is 4.57 Å². The average Bonchev–Trinajstić information content (AvgIpc) is 1.85. The molecule has 0 heterocycles. The molecular formula is C6H7O4PZn. The van der Waals surface area contributed by atoms with Gasteiger partial charge in [-0.3, -0.25) is 9.79 Å². The van der Waals surface area contributed by atoms with Crippen LogP contribution in [0.25, 0.3) is 0 Å². The second-order valence-electron chi connectivity index (χ2n) is 1.89. The minimum Gasteiger partial charge on any atom is -0.404 e. The Balaban J connectivity index is 0.00000121. The Morgan fingerprint density at radius 2 is 1.67 bits per heavy atom. The van der Waals surface area contributed by atoms with Crippen molar-refractivity contribution in [1.29, 1.82) is 0 Å². The zero-order valence-electron chi connectivity index (χ0n) is 6.25. The monoisotopic (exact) mass is 238 g/mol. The zero-order valence-corrected chi connectivity index (χ0v) is 10.1. The Hall–Kier alpha value is -0.207. The minimum absolute atomic E-state index is 0. The van der Waals surface area contributed by atoms with E-state index in [0.717, 1.165) is 0 Å². The van der Waals surface area contributed by atoms with Gasteiger partial charge in [-0.15, -0.1) is 0 Å². The molecule has 1 aromatic rings. The van der Waals surface area contributed by atoms with Gasteiger partial charge in [0, 0.05) is 19.5 Å². The van der Waals surface area contributed by atoms with Crippen LogP contribution >= 0.6 is 7.82 Å². The predicted molar refractivity (Wildman–Crippen MR) is 39.1 cm³/mol. The maximum Gasteiger partial charge on any atom is 0.524 e. The van der Waals surface area contributed by atoms with Gasteiger partial charge in [0.15, 0.2) is 0 Å². The molecule has 0 fully saturated rings. The molecule has 0 aromatic heterocycles. The van der Waals surface area contributed by atoms with Crippen molar-refractivity contribution in [2.75, 3.05) is 0 Å². The van der Waals surface area contributed by atoms with Crippen LogP contribution in [-0.2, 0) is 24.0 Å². The SMILES string of the molecule is O=P(O)(O)Oc1ccccc1.[Zn]. The minimum atomic E-state index is -4.39. The number of rotatable bonds is 2. The summed E-state index contributed by atoms with van der Waals surface area (Å²) in [5, 5.41) is 0. The molecule has 0 saturated heterocycles. The third-order valence-corrected chi connectivity index (χ3v) is 1.42. The van der Waals surface area contributed by atoms with Gasteiger partial charge < -0.3 is 4.52 Å². The maximum absolute atomic E-state index is 10.3.